The van der Waals surface area contributed by atoms with Gasteiger partial charge in [0.15, 0.2) is 0 Å². The van der Waals surface area contributed by atoms with Crippen LogP contribution < -0.4 is 16.2 Å². The number of benzene rings is 1. The van der Waals surface area contributed by atoms with Crippen LogP contribution in [0.5, 0.6) is 0 Å². The third kappa shape index (κ3) is 16.3. The van der Waals surface area contributed by atoms with Crippen LogP contribution in [0.2, 0.25) is 0 Å². The Morgan fingerprint density at radius 2 is 1.32 bits per heavy atom. The Labute approximate surface area is 304 Å². The molecule has 7 N–H and O–H groups in total. The Kier molecular flexibility index (Phi) is 17.6. The molecule has 0 saturated carbocycles. The van der Waals surface area contributed by atoms with Crippen LogP contribution in [0.4, 0.5) is 18.9 Å². The first-order valence-electron chi connectivity index (χ1n) is 15.8. The van der Waals surface area contributed by atoms with E-state index in [2.05, 4.69) is 38.0 Å². The zero-order valence-corrected chi connectivity index (χ0v) is 28.9. The van der Waals surface area contributed by atoms with Crippen molar-refractivity contribution in [3.05, 3.63) is 39.7 Å². The summed E-state index contributed by atoms with van der Waals surface area (Å²) in [5.41, 5.74) is -3.68. The highest BCUT2D eigenvalue weighted by atomic mass is 32.1. The number of amides is 2. The summed E-state index contributed by atoms with van der Waals surface area (Å²) in [7, 11) is 0. The third-order valence-electron chi connectivity index (χ3n) is 7.37. The van der Waals surface area contributed by atoms with Gasteiger partial charge in [-0.15, -0.1) is 0 Å². The van der Waals surface area contributed by atoms with Crippen LogP contribution in [-0.2, 0) is 41.4 Å². The fourth-order valence-corrected chi connectivity index (χ4v) is 5.25. The smallest absolute Gasteiger partial charge is 0.417 e. The maximum absolute atomic E-state index is 14.3. The molecule has 0 saturated heterocycles. The Bertz CT molecular complexity index is 1750. The SMILES string of the molecule is O=C(O)CN(CCN(CC(=O)O)CC(=O)O)CCN(CC(=O)O)CC(=O)Nc1ccc2c(C(F)(F)F)c(CC(=O)NCCCCN=C=S)c(=O)[nH]c2c1. The molecule has 0 unspecified atom stereocenters. The number of carbonyl (C=O) groups is 6. The summed E-state index contributed by atoms with van der Waals surface area (Å²) in [6.07, 6.45) is -4.89. The quantitative estimate of drug-likeness (QED) is 0.0429. The summed E-state index contributed by atoms with van der Waals surface area (Å²) >= 11 is 4.45. The standard InChI is InChI=1S/C31H38F3N7O11S/c32-31(33,34)29-20-4-3-19(11-22(20)38-30(52)21(29)12-23(42)36-6-2-1-5-35-18-53)37-24(43)13-40(15-26(46)47)9-7-39(14-25(44)45)8-10-41(16-27(48)49)17-28(50)51/h3-4,11H,1-2,5-10,12-17H2,(H,36,42)(H,37,43)(H,38,52)(H,44,45)(H,46,47)(H,48,49)(H,50,51). The molecule has 1 aromatic carbocycles. The van der Waals surface area contributed by atoms with Crippen molar-refractivity contribution in [1.29, 1.82) is 0 Å². The highest BCUT2D eigenvalue weighted by Gasteiger charge is 2.37. The number of aliphatic carboxylic acids is 4. The minimum absolute atomic E-state index is 0.0607. The van der Waals surface area contributed by atoms with Gasteiger partial charge in [0.1, 0.15) is 0 Å². The largest absolute Gasteiger partial charge is 0.480 e. The number of H-pyrrole nitrogens is 1. The number of unbranched alkanes of at least 4 members (excludes halogenated alkanes) is 1. The van der Waals surface area contributed by atoms with Gasteiger partial charge in [-0.1, -0.05) is 6.07 Å². The number of halogens is 3. The molecule has 2 rings (SSSR count). The van der Waals surface area contributed by atoms with Crippen molar-refractivity contribution in [2.24, 2.45) is 4.99 Å². The maximum Gasteiger partial charge on any atom is 0.417 e. The van der Waals surface area contributed by atoms with E-state index >= 15 is 0 Å². The molecule has 18 nitrogen and oxygen atoms in total. The van der Waals surface area contributed by atoms with Gasteiger partial charge in [-0.3, -0.25) is 48.3 Å². The molecule has 0 bridgehead atoms. The van der Waals surface area contributed by atoms with Gasteiger partial charge in [0, 0.05) is 55.9 Å². The minimum Gasteiger partial charge on any atom is -0.480 e. The summed E-state index contributed by atoms with van der Waals surface area (Å²) in [6, 6.07) is 3.18. The Balaban J connectivity index is 2.20. The molecule has 0 atom stereocenters. The zero-order chi connectivity index (χ0) is 39.7. The van der Waals surface area contributed by atoms with E-state index in [1.165, 1.54) is 4.90 Å². The number of anilines is 1. The Hall–Kier alpha value is -5.28. The number of aromatic amines is 1. The first-order chi connectivity index (χ1) is 24.9. The predicted molar refractivity (Wildman–Crippen MR) is 184 cm³/mol. The molecule has 0 aliphatic rings. The lowest BCUT2D eigenvalue weighted by molar-refractivity contribution is -0.143. The molecular formula is C31H38F3N7O11S. The number of isothiocyanates is 1. The molecule has 0 radical (unpaired) electrons. The summed E-state index contributed by atoms with van der Waals surface area (Å²) in [4.78, 5) is 92.8. The normalized spacial score (nSPS) is 11.4. The van der Waals surface area contributed by atoms with Crippen molar-refractivity contribution in [1.82, 2.24) is 25.0 Å². The van der Waals surface area contributed by atoms with Crippen LogP contribution in [0.3, 0.4) is 0 Å². The second-order valence-corrected chi connectivity index (χ2v) is 11.8. The topological polar surface area (TPSA) is 262 Å². The molecule has 0 aliphatic carbocycles. The van der Waals surface area contributed by atoms with E-state index in [1.807, 2.05) is 0 Å². The molecule has 0 fully saturated rings. The van der Waals surface area contributed by atoms with Gasteiger partial charge in [-0.2, -0.15) is 13.2 Å². The number of aromatic nitrogens is 1. The highest BCUT2D eigenvalue weighted by molar-refractivity contribution is 7.78. The van der Waals surface area contributed by atoms with Crippen molar-refractivity contribution in [2.45, 2.75) is 25.4 Å². The number of hydrogen-bond donors (Lipinski definition) is 7. The van der Waals surface area contributed by atoms with E-state index in [-0.39, 0.29) is 43.9 Å². The van der Waals surface area contributed by atoms with E-state index in [0.717, 1.165) is 28.0 Å². The van der Waals surface area contributed by atoms with Gasteiger partial charge < -0.3 is 36.0 Å². The lowest BCUT2D eigenvalue weighted by Crippen LogP contribution is -2.46. The van der Waals surface area contributed by atoms with Gasteiger partial charge in [0.25, 0.3) is 5.56 Å². The molecule has 290 valence electrons. The Morgan fingerprint density at radius 3 is 1.85 bits per heavy atom. The van der Waals surface area contributed by atoms with Crippen LogP contribution in [0, 0.1) is 0 Å². The number of nitrogens with zero attached hydrogens (tertiary/aromatic N) is 4. The number of nitrogens with one attached hydrogen (secondary N) is 3. The second-order valence-electron chi connectivity index (χ2n) is 11.6. The number of carbonyl (C=O) groups excluding carboxylic acids is 2. The molecule has 1 heterocycles. The second kappa shape index (κ2) is 21.3. The minimum atomic E-state index is -5.04. The van der Waals surface area contributed by atoms with Crippen LogP contribution >= 0.6 is 12.2 Å². The van der Waals surface area contributed by atoms with E-state index < -0.39 is 103 Å². The van der Waals surface area contributed by atoms with Gasteiger partial charge in [-0.25, -0.2) is 4.99 Å². The number of pyridine rings is 1. The van der Waals surface area contributed by atoms with E-state index in [4.69, 9.17) is 10.2 Å². The number of hydrogen-bond acceptors (Lipinski definition) is 12. The van der Waals surface area contributed by atoms with Gasteiger partial charge in [-0.05, 0) is 37.2 Å². The van der Waals surface area contributed by atoms with Gasteiger partial charge in [0.2, 0.25) is 11.8 Å². The zero-order valence-electron chi connectivity index (χ0n) is 28.1. The van der Waals surface area contributed by atoms with E-state index in [9.17, 15) is 56.9 Å². The predicted octanol–water partition coefficient (Wildman–Crippen LogP) is 0.272. The van der Waals surface area contributed by atoms with Crippen molar-refractivity contribution >= 4 is 69.7 Å². The summed E-state index contributed by atoms with van der Waals surface area (Å²) in [6.45, 7) is -3.21. The molecule has 0 aliphatic heterocycles. The first kappa shape index (κ1) is 43.9. The molecule has 2 aromatic rings. The van der Waals surface area contributed by atoms with Crippen molar-refractivity contribution < 1.29 is 62.4 Å². The lowest BCUT2D eigenvalue weighted by atomic mass is 9.99. The maximum atomic E-state index is 14.3. The number of carboxylic acid groups (broad SMARTS) is 4. The number of aliphatic imine (C=N–C) groups is 1. The average molecular weight is 774 g/mol. The van der Waals surface area contributed by atoms with Gasteiger partial charge in [0.05, 0.1) is 55.4 Å². The summed E-state index contributed by atoms with van der Waals surface area (Å²) < 4.78 is 42.8. The molecule has 2 amide bonds. The average Bonchev–Trinajstić information content (AvgIpc) is 3.02. The fraction of sp³-hybridized carbons (Fsp3) is 0.484. The Morgan fingerprint density at radius 1 is 0.792 bits per heavy atom. The van der Waals surface area contributed by atoms with E-state index in [0.29, 0.717) is 19.4 Å². The summed E-state index contributed by atoms with van der Waals surface area (Å²) in [5, 5.41) is 43.4. The highest BCUT2D eigenvalue weighted by Crippen LogP contribution is 2.36. The number of alkyl halides is 3. The molecule has 53 heavy (non-hydrogen) atoms. The monoisotopic (exact) mass is 773 g/mol. The van der Waals surface area contributed by atoms with Crippen molar-refractivity contribution in [3.8, 4) is 0 Å². The molecule has 0 spiro atoms. The number of fused-ring (bicyclic) bond motifs is 1. The van der Waals surface area contributed by atoms with Crippen LogP contribution in [0.25, 0.3) is 10.9 Å². The first-order valence-corrected chi connectivity index (χ1v) is 16.2. The lowest BCUT2D eigenvalue weighted by Gasteiger charge is -2.27. The number of thiocarbonyl (C=S) groups is 1. The van der Waals surface area contributed by atoms with Crippen LogP contribution in [-0.4, -0.2) is 153 Å². The van der Waals surface area contributed by atoms with Crippen molar-refractivity contribution in [3.63, 3.8) is 0 Å². The van der Waals surface area contributed by atoms with Crippen molar-refractivity contribution in [2.75, 3.05) is 77.3 Å². The van der Waals surface area contributed by atoms with E-state index in [1.54, 1.807) is 0 Å². The third-order valence-corrected chi connectivity index (χ3v) is 7.50. The fourth-order valence-electron chi connectivity index (χ4n) is 5.15. The van der Waals surface area contributed by atoms with Crippen LogP contribution in [0.1, 0.15) is 24.0 Å². The van der Waals surface area contributed by atoms with Gasteiger partial charge >= 0.3 is 30.1 Å². The number of rotatable bonds is 24. The number of carboxylic acids is 4. The summed E-state index contributed by atoms with van der Waals surface area (Å²) in [5.74, 6) is -6.87. The molecule has 22 heteroatoms. The molecule has 1 aromatic heterocycles. The molecular weight excluding hydrogens is 735 g/mol. The van der Waals surface area contributed by atoms with Crippen LogP contribution in [0.15, 0.2) is 28.0 Å².